The number of benzene rings is 1. The predicted octanol–water partition coefficient (Wildman–Crippen LogP) is 8.57. The molecule has 0 radical (unpaired) electrons. The molecule has 0 spiro atoms. The van der Waals surface area contributed by atoms with Crippen LogP contribution in [0.3, 0.4) is 0 Å². The van der Waals surface area contributed by atoms with E-state index >= 15 is 0 Å². The third-order valence-corrected chi connectivity index (χ3v) is 5.59. The Morgan fingerprint density at radius 1 is 0.630 bits per heavy atom. The van der Waals surface area contributed by atoms with Crippen LogP contribution < -0.4 is 5.32 Å². The third-order valence-electron chi connectivity index (χ3n) is 5.59. The largest absolute Gasteiger partial charge is 0.308 e. The maximum atomic E-state index is 3.72. The van der Waals surface area contributed by atoms with Crippen molar-refractivity contribution in [2.24, 2.45) is 0 Å². The highest BCUT2D eigenvalue weighted by molar-refractivity contribution is 8.93. The third kappa shape index (κ3) is 14.3. The normalized spacial score (nSPS) is 11.4. The molecular formula is C25H46BrN. The highest BCUT2D eigenvalue weighted by Crippen LogP contribution is 2.19. The van der Waals surface area contributed by atoms with Crippen LogP contribution in [0.15, 0.2) is 30.3 Å². The van der Waals surface area contributed by atoms with Gasteiger partial charge in [0.25, 0.3) is 0 Å². The molecule has 1 nitrogen and oxygen atoms in total. The Kier molecular flexibility index (Phi) is 17.5. The van der Waals surface area contributed by atoms with E-state index in [1.54, 1.807) is 0 Å². The molecule has 27 heavy (non-hydrogen) atoms. The van der Waals surface area contributed by atoms with E-state index in [2.05, 4.69) is 56.4 Å². The number of unbranched alkanes of at least 4 members (excludes halogenated alkanes) is 13. The summed E-state index contributed by atoms with van der Waals surface area (Å²) in [5.74, 6) is 0. The number of rotatable bonds is 17. The lowest BCUT2D eigenvalue weighted by Gasteiger charge is -2.27. The van der Waals surface area contributed by atoms with Crippen molar-refractivity contribution in [2.75, 3.05) is 6.54 Å². The molecule has 0 atom stereocenters. The van der Waals surface area contributed by atoms with Crippen molar-refractivity contribution in [1.29, 1.82) is 0 Å². The zero-order valence-corrected chi connectivity index (χ0v) is 20.1. The van der Waals surface area contributed by atoms with Gasteiger partial charge in [0.1, 0.15) is 0 Å². The van der Waals surface area contributed by atoms with Crippen LogP contribution in [0.2, 0.25) is 0 Å². The Bertz CT molecular complexity index is 416. The van der Waals surface area contributed by atoms with E-state index in [4.69, 9.17) is 0 Å². The molecule has 158 valence electrons. The van der Waals surface area contributed by atoms with Gasteiger partial charge in [-0.15, -0.1) is 17.0 Å². The number of nitrogens with one attached hydrogen (secondary N) is 1. The first-order chi connectivity index (χ1) is 12.7. The molecule has 0 fully saturated rings. The van der Waals surface area contributed by atoms with Gasteiger partial charge in [-0.1, -0.05) is 121 Å². The smallest absolute Gasteiger partial charge is 0.0377 e. The fraction of sp³-hybridized carbons (Fsp3) is 0.760. The minimum absolute atomic E-state index is 0. The monoisotopic (exact) mass is 439 g/mol. The van der Waals surface area contributed by atoms with Gasteiger partial charge in [0.05, 0.1) is 0 Å². The SMILES string of the molecule is Br.CCCCCCCCCCCCCCCCNC(C)(C)c1ccccc1. The van der Waals surface area contributed by atoms with Gasteiger partial charge < -0.3 is 5.32 Å². The first-order valence-corrected chi connectivity index (χ1v) is 11.5. The van der Waals surface area contributed by atoms with Gasteiger partial charge in [-0.3, -0.25) is 0 Å². The van der Waals surface area contributed by atoms with Crippen LogP contribution >= 0.6 is 17.0 Å². The first-order valence-electron chi connectivity index (χ1n) is 11.5. The van der Waals surface area contributed by atoms with E-state index in [-0.39, 0.29) is 22.5 Å². The predicted molar refractivity (Wildman–Crippen MR) is 128 cm³/mol. The van der Waals surface area contributed by atoms with E-state index in [1.165, 1.54) is 95.5 Å². The van der Waals surface area contributed by atoms with Crippen LogP contribution in [0, 0.1) is 0 Å². The summed E-state index contributed by atoms with van der Waals surface area (Å²) in [7, 11) is 0. The van der Waals surface area contributed by atoms with E-state index in [9.17, 15) is 0 Å². The zero-order valence-electron chi connectivity index (χ0n) is 18.4. The standard InChI is InChI=1S/C25H45N.BrH/c1-4-5-6-7-8-9-10-11-12-13-14-15-16-20-23-26-25(2,3)24-21-18-17-19-22-24;/h17-19,21-22,26H,4-16,20,23H2,1-3H3;1H. The van der Waals surface area contributed by atoms with Crippen LogP contribution in [0.1, 0.15) is 116 Å². The van der Waals surface area contributed by atoms with Crippen LogP contribution in [0.4, 0.5) is 0 Å². The molecule has 1 aromatic carbocycles. The van der Waals surface area contributed by atoms with Crippen molar-refractivity contribution in [3.8, 4) is 0 Å². The maximum Gasteiger partial charge on any atom is 0.0377 e. The molecule has 1 aromatic rings. The second-order valence-corrected chi connectivity index (χ2v) is 8.51. The molecule has 0 saturated heterocycles. The molecule has 0 aliphatic carbocycles. The topological polar surface area (TPSA) is 12.0 Å². The first kappa shape index (κ1) is 26.7. The molecular weight excluding hydrogens is 394 g/mol. The Hall–Kier alpha value is -0.340. The molecule has 0 aliphatic rings. The highest BCUT2D eigenvalue weighted by atomic mass is 79.9. The van der Waals surface area contributed by atoms with Gasteiger partial charge in [-0.25, -0.2) is 0 Å². The van der Waals surface area contributed by atoms with Crippen molar-refractivity contribution >= 4 is 17.0 Å². The van der Waals surface area contributed by atoms with Gasteiger partial charge in [0.15, 0.2) is 0 Å². The molecule has 0 heterocycles. The fourth-order valence-electron chi connectivity index (χ4n) is 3.68. The average molecular weight is 441 g/mol. The van der Waals surface area contributed by atoms with Gasteiger partial charge in [0.2, 0.25) is 0 Å². The second kappa shape index (κ2) is 17.7. The van der Waals surface area contributed by atoms with Crippen LogP contribution in [0.25, 0.3) is 0 Å². The molecule has 0 aliphatic heterocycles. The van der Waals surface area contributed by atoms with Crippen molar-refractivity contribution in [3.63, 3.8) is 0 Å². The van der Waals surface area contributed by atoms with Gasteiger partial charge in [-0.05, 0) is 32.4 Å². The lowest BCUT2D eigenvalue weighted by atomic mass is 9.94. The fourth-order valence-corrected chi connectivity index (χ4v) is 3.68. The number of hydrogen-bond acceptors (Lipinski definition) is 1. The van der Waals surface area contributed by atoms with Crippen molar-refractivity contribution < 1.29 is 0 Å². The van der Waals surface area contributed by atoms with E-state index in [1.807, 2.05) is 0 Å². The highest BCUT2D eigenvalue weighted by Gasteiger charge is 2.18. The van der Waals surface area contributed by atoms with E-state index in [0.29, 0.717) is 0 Å². The Morgan fingerprint density at radius 3 is 1.48 bits per heavy atom. The van der Waals surface area contributed by atoms with Crippen molar-refractivity contribution in [3.05, 3.63) is 35.9 Å². The lowest BCUT2D eigenvalue weighted by molar-refractivity contribution is 0.394. The maximum absolute atomic E-state index is 3.72. The quantitative estimate of drug-likeness (QED) is 0.239. The van der Waals surface area contributed by atoms with Crippen LogP contribution in [0.5, 0.6) is 0 Å². The minimum Gasteiger partial charge on any atom is -0.308 e. The Balaban J connectivity index is 0.00000676. The van der Waals surface area contributed by atoms with Crippen molar-refractivity contribution in [2.45, 2.75) is 116 Å². The van der Waals surface area contributed by atoms with E-state index < -0.39 is 0 Å². The Labute approximate surface area is 180 Å². The lowest BCUT2D eigenvalue weighted by Crippen LogP contribution is -2.37. The van der Waals surface area contributed by atoms with Gasteiger partial charge in [-0.2, -0.15) is 0 Å². The summed E-state index contributed by atoms with van der Waals surface area (Å²) in [5.41, 5.74) is 1.46. The molecule has 0 aromatic heterocycles. The molecule has 0 bridgehead atoms. The molecule has 0 unspecified atom stereocenters. The second-order valence-electron chi connectivity index (χ2n) is 8.51. The molecule has 1 N–H and O–H groups in total. The van der Waals surface area contributed by atoms with E-state index in [0.717, 1.165) is 6.54 Å². The van der Waals surface area contributed by atoms with Crippen LogP contribution in [-0.2, 0) is 5.54 Å². The summed E-state index contributed by atoms with van der Waals surface area (Å²) >= 11 is 0. The van der Waals surface area contributed by atoms with Gasteiger partial charge >= 0.3 is 0 Å². The molecule has 0 amide bonds. The van der Waals surface area contributed by atoms with Crippen LogP contribution in [-0.4, -0.2) is 6.54 Å². The minimum atomic E-state index is 0. The molecule has 2 heteroatoms. The summed E-state index contributed by atoms with van der Waals surface area (Å²) in [5, 5.41) is 3.72. The Morgan fingerprint density at radius 2 is 1.04 bits per heavy atom. The summed E-state index contributed by atoms with van der Waals surface area (Å²) in [4.78, 5) is 0. The molecule has 0 saturated carbocycles. The number of halogens is 1. The summed E-state index contributed by atoms with van der Waals surface area (Å²) in [6.07, 6.45) is 20.0. The zero-order chi connectivity index (χ0) is 18.9. The van der Waals surface area contributed by atoms with Crippen molar-refractivity contribution in [1.82, 2.24) is 5.32 Å². The summed E-state index contributed by atoms with van der Waals surface area (Å²) in [6, 6.07) is 10.8. The van der Waals surface area contributed by atoms with Gasteiger partial charge in [0, 0.05) is 5.54 Å². The molecule has 1 rings (SSSR count). The number of hydrogen-bond donors (Lipinski definition) is 1. The summed E-state index contributed by atoms with van der Waals surface area (Å²) < 4.78 is 0. The summed E-state index contributed by atoms with van der Waals surface area (Å²) in [6.45, 7) is 7.99. The average Bonchev–Trinajstić information content (AvgIpc) is 2.65.